The fourth-order valence-electron chi connectivity index (χ4n) is 1.92. The Balaban J connectivity index is 2.64. The number of H-pyrrole nitrogens is 1. The molecule has 118 valence electrons. The number of aliphatic carboxylic acids is 1. The first-order valence-electron chi connectivity index (χ1n) is 7.23. The number of urea groups is 1. The van der Waals surface area contributed by atoms with Crippen molar-refractivity contribution in [1.29, 1.82) is 0 Å². The average Bonchev–Trinajstić information content (AvgIpc) is 2.96. The van der Waals surface area contributed by atoms with Crippen LogP contribution in [-0.4, -0.2) is 51.1 Å². The lowest BCUT2D eigenvalue weighted by molar-refractivity contribution is -0.139. The van der Waals surface area contributed by atoms with Crippen molar-refractivity contribution in [3.05, 3.63) is 18.2 Å². The van der Waals surface area contributed by atoms with E-state index in [1.165, 1.54) is 6.33 Å². The Morgan fingerprint density at radius 3 is 2.67 bits per heavy atom. The second kappa shape index (κ2) is 8.28. The van der Waals surface area contributed by atoms with Crippen LogP contribution < -0.4 is 5.32 Å². The molecule has 1 unspecified atom stereocenters. The van der Waals surface area contributed by atoms with Gasteiger partial charge >= 0.3 is 12.0 Å². The third-order valence-corrected chi connectivity index (χ3v) is 3.47. The number of aromatic nitrogens is 2. The number of rotatable bonds is 8. The number of imidazole rings is 1. The molecule has 1 rings (SSSR count). The van der Waals surface area contributed by atoms with Gasteiger partial charge in [-0.2, -0.15) is 0 Å². The summed E-state index contributed by atoms with van der Waals surface area (Å²) in [5, 5.41) is 11.8. The van der Waals surface area contributed by atoms with Crippen molar-refractivity contribution in [2.24, 2.45) is 5.92 Å². The number of carboxylic acids is 1. The molecule has 2 atom stereocenters. The van der Waals surface area contributed by atoms with Crippen LogP contribution in [0.4, 0.5) is 4.79 Å². The predicted molar refractivity (Wildman–Crippen MR) is 78.9 cm³/mol. The van der Waals surface area contributed by atoms with Crippen molar-refractivity contribution in [3.63, 3.8) is 0 Å². The lowest BCUT2D eigenvalue weighted by Crippen LogP contribution is -2.49. The summed E-state index contributed by atoms with van der Waals surface area (Å²) in [6.07, 6.45) is 4.19. The van der Waals surface area contributed by atoms with Gasteiger partial charge in [-0.05, 0) is 12.8 Å². The molecule has 7 nitrogen and oxygen atoms in total. The summed E-state index contributed by atoms with van der Waals surface area (Å²) >= 11 is 0. The zero-order valence-corrected chi connectivity index (χ0v) is 12.8. The van der Waals surface area contributed by atoms with Crippen LogP contribution in [0.15, 0.2) is 12.5 Å². The van der Waals surface area contributed by atoms with E-state index in [4.69, 9.17) is 0 Å². The summed E-state index contributed by atoms with van der Waals surface area (Å²) in [6.45, 7) is 7.18. The maximum atomic E-state index is 12.2. The Kier molecular flexibility index (Phi) is 6.71. The fourth-order valence-corrected chi connectivity index (χ4v) is 1.92. The van der Waals surface area contributed by atoms with Crippen molar-refractivity contribution in [2.45, 2.75) is 39.7 Å². The van der Waals surface area contributed by atoms with Gasteiger partial charge in [0, 0.05) is 31.4 Å². The van der Waals surface area contributed by atoms with Gasteiger partial charge in [0.1, 0.15) is 6.04 Å². The molecule has 0 fully saturated rings. The minimum absolute atomic E-state index is 0.182. The van der Waals surface area contributed by atoms with Crippen LogP contribution in [-0.2, 0) is 11.2 Å². The Morgan fingerprint density at radius 1 is 1.48 bits per heavy atom. The van der Waals surface area contributed by atoms with E-state index in [9.17, 15) is 14.7 Å². The fraction of sp³-hybridized carbons (Fsp3) is 0.643. The molecule has 2 amide bonds. The molecule has 0 aliphatic carbocycles. The van der Waals surface area contributed by atoms with Crippen molar-refractivity contribution < 1.29 is 14.7 Å². The van der Waals surface area contributed by atoms with E-state index < -0.39 is 12.0 Å². The third-order valence-electron chi connectivity index (χ3n) is 3.47. The van der Waals surface area contributed by atoms with Crippen molar-refractivity contribution >= 4 is 12.0 Å². The molecule has 0 saturated carbocycles. The predicted octanol–water partition coefficient (Wildman–Crippen LogP) is 1.48. The van der Waals surface area contributed by atoms with Crippen molar-refractivity contribution in [2.75, 3.05) is 13.1 Å². The Labute approximate surface area is 124 Å². The van der Waals surface area contributed by atoms with Crippen LogP contribution in [0.3, 0.4) is 0 Å². The average molecular weight is 296 g/mol. The summed E-state index contributed by atoms with van der Waals surface area (Å²) < 4.78 is 0. The maximum Gasteiger partial charge on any atom is 0.326 e. The zero-order chi connectivity index (χ0) is 15.8. The number of aromatic amines is 1. The van der Waals surface area contributed by atoms with Gasteiger partial charge in [0.2, 0.25) is 0 Å². The zero-order valence-electron chi connectivity index (χ0n) is 12.8. The largest absolute Gasteiger partial charge is 0.480 e. The van der Waals surface area contributed by atoms with E-state index >= 15 is 0 Å². The molecule has 0 aliphatic heterocycles. The van der Waals surface area contributed by atoms with Gasteiger partial charge in [0.15, 0.2) is 0 Å². The number of carbonyl (C=O) groups excluding carboxylic acids is 1. The molecule has 0 bridgehead atoms. The number of nitrogens with zero attached hydrogens (tertiary/aromatic N) is 2. The highest BCUT2D eigenvalue weighted by molar-refractivity contribution is 5.82. The first-order chi connectivity index (χ1) is 9.97. The SMILES string of the molecule is CCC(C)CN(CC)C(=O)N[C@@H](Cc1cnc[nH]1)C(=O)O. The van der Waals surface area contributed by atoms with Crippen LogP contribution in [0.2, 0.25) is 0 Å². The molecular weight excluding hydrogens is 272 g/mol. The molecule has 0 radical (unpaired) electrons. The van der Waals surface area contributed by atoms with Crippen molar-refractivity contribution in [3.8, 4) is 0 Å². The molecule has 1 aromatic heterocycles. The summed E-state index contributed by atoms with van der Waals surface area (Å²) in [7, 11) is 0. The molecule has 1 aromatic rings. The minimum atomic E-state index is -1.06. The second-order valence-corrected chi connectivity index (χ2v) is 5.17. The number of hydrogen-bond donors (Lipinski definition) is 3. The first-order valence-corrected chi connectivity index (χ1v) is 7.23. The van der Waals surface area contributed by atoms with E-state index in [1.54, 1.807) is 11.1 Å². The van der Waals surface area contributed by atoms with E-state index in [0.717, 1.165) is 6.42 Å². The van der Waals surface area contributed by atoms with Crippen LogP contribution in [0.25, 0.3) is 0 Å². The number of nitrogens with one attached hydrogen (secondary N) is 2. The smallest absolute Gasteiger partial charge is 0.326 e. The number of amides is 2. The lowest BCUT2D eigenvalue weighted by atomic mass is 10.1. The molecule has 0 saturated heterocycles. The normalized spacial score (nSPS) is 13.5. The van der Waals surface area contributed by atoms with Crippen LogP contribution >= 0.6 is 0 Å². The number of carboxylic acid groups (broad SMARTS) is 1. The Morgan fingerprint density at radius 2 is 2.19 bits per heavy atom. The third kappa shape index (κ3) is 5.45. The molecule has 21 heavy (non-hydrogen) atoms. The molecular formula is C14H24N4O3. The number of hydrogen-bond acceptors (Lipinski definition) is 3. The van der Waals surface area contributed by atoms with Gasteiger partial charge in [-0.1, -0.05) is 20.3 Å². The minimum Gasteiger partial charge on any atom is -0.480 e. The van der Waals surface area contributed by atoms with Gasteiger partial charge in [0.05, 0.1) is 6.33 Å². The van der Waals surface area contributed by atoms with E-state index in [-0.39, 0.29) is 12.5 Å². The van der Waals surface area contributed by atoms with Gasteiger partial charge in [-0.3, -0.25) is 0 Å². The monoisotopic (exact) mass is 296 g/mol. The van der Waals surface area contributed by atoms with Crippen molar-refractivity contribution in [1.82, 2.24) is 20.2 Å². The van der Waals surface area contributed by atoms with Crippen LogP contribution in [0.5, 0.6) is 0 Å². The highest BCUT2D eigenvalue weighted by atomic mass is 16.4. The quantitative estimate of drug-likeness (QED) is 0.676. The van der Waals surface area contributed by atoms with Gasteiger partial charge in [0.25, 0.3) is 0 Å². The first kappa shape index (κ1) is 17.0. The van der Waals surface area contributed by atoms with Crippen LogP contribution in [0, 0.1) is 5.92 Å². The highest BCUT2D eigenvalue weighted by Crippen LogP contribution is 2.06. The summed E-state index contributed by atoms with van der Waals surface area (Å²) in [4.78, 5) is 31.8. The maximum absolute atomic E-state index is 12.2. The van der Waals surface area contributed by atoms with Crippen LogP contribution in [0.1, 0.15) is 32.9 Å². The molecule has 7 heteroatoms. The standard InChI is InChI=1S/C14H24N4O3/c1-4-10(3)8-18(5-2)14(21)17-12(13(19)20)6-11-7-15-9-16-11/h7,9-10,12H,4-6,8H2,1-3H3,(H,15,16)(H,17,21)(H,19,20)/t10?,12-/m0/s1. The molecule has 0 aliphatic rings. The lowest BCUT2D eigenvalue weighted by Gasteiger charge is -2.26. The van der Waals surface area contributed by atoms with Gasteiger partial charge in [-0.25, -0.2) is 14.6 Å². The Hall–Kier alpha value is -2.05. The molecule has 3 N–H and O–H groups in total. The Bertz CT molecular complexity index is 447. The molecule has 0 aromatic carbocycles. The van der Waals surface area contributed by atoms with E-state index in [1.807, 2.05) is 6.92 Å². The highest BCUT2D eigenvalue weighted by Gasteiger charge is 2.24. The summed E-state index contributed by atoms with van der Waals surface area (Å²) in [5.41, 5.74) is 0.674. The summed E-state index contributed by atoms with van der Waals surface area (Å²) in [5.74, 6) is -0.677. The number of carbonyl (C=O) groups is 2. The van der Waals surface area contributed by atoms with E-state index in [2.05, 4.69) is 29.1 Å². The van der Waals surface area contributed by atoms with E-state index in [0.29, 0.717) is 24.7 Å². The summed E-state index contributed by atoms with van der Waals surface area (Å²) in [6, 6.07) is -1.31. The van der Waals surface area contributed by atoms with Gasteiger partial charge < -0.3 is 20.3 Å². The van der Waals surface area contributed by atoms with Gasteiger partial charge in [-0.15, -0.1) is 0 Å². The second-order valence-electron chi connectivity index (χ2n) is 5.17. The molecule has 0 spiro atoms. The molecule has 1 heterocycles. The topological polar surface area (TPSA) is 98.3 Å².